The van der Waals surface area contributed by atoms with Gasteiger partial charge in [0.25, 0.3) is 5.78 Å². The van der Waals surface area contributed by atoms with Crippen LogP contribution in [-0.4, -0.2) is 32.7 Å². The van der Waals surface area contributed by atoms with Gasteiger partial charge in [0.1, 0.15) is 17.3 Å². The Morgan fingerprint density at radius 3 is 2.50 bits per heavy atom. The third-order valence-corrected chi connectivity index (χ3v) is 4.79. The van der Waals surface area contributed by atoms with Gasteiger partial charge >= 0.3 is 6.18 Å². The molecule has 4 rings (SSSR count). The molecule has 0 unspecified atom stereocenters. The molecule has 5 nitrogen and oxygen atoms in total. The van der Waals surface area contributed by atoms with Crippen molar-refractivity contribution in [2.24, 2.45) is 0 Å². The summed E-state index contributed by atoms with van der Waals surface area (Å²) >= 11 is 6.35. The number of aromatic nitrogens is 4. The van der Waals surface area contributed by atoms with Gasteiger partial charge in [-0.25, -0.2) is 0 Å². The van der Waals surface area contributed by atoms with Crippen molar-refractivity contribution in [3.8, 4) is 11.1 Å². The maximum Gasteiger partial charge on any atom is 0.417 e. The number of rotatable bonds is 2. The van der Waals surface area contributed by atoms with Gasteiger partial charge in [-0.3, -0.25) is 0 Å². The summed E-state index contributed by atoms with van der Waals surface area (Å²) in [4.78, 5) is 10.2. The highest BCUT2D eigenvalue weighted by molar-refractivity contribution is 6.33. The van der Waals surface area contributed by atoms with Crippen LogP contribution < -0.4 is 4.90 Å². The molecular formula is C17H15ClF3N5. The first-order valence-electron chi connectivity index (χ1n) is 8.27. The van der Waals surface area contributed by atoms with Gasteiger partial charge in [-0.15, -0.1) is 0 Å². The summed E-state index contributed by atoms with van der Waals surface area (Å²) in [7, 11) is 0. The Kier molecular flexibility index (Phi) is 4.22. The van der Waals surface area contributed by atoms with E-state index in [1.807, 2.05) is 4.90 Å². The summed E-state index contributed by atoms with van der Waals surface area (Å²) in [5.74, 6) is 0.776. The van der Waals surface area contributed by atoms with Crippen LogP contribution >= 0.6 is 11.6 Å². The van der Waals surface area contributed by atoms with Crippen molar-refractivity contribution in [1.29, 1.82) is 0 Å². The molecule has 1 aromatic carbocycles. The van der Waals surface area contributed by atoms with E-state index in [0.717, 1.165) is 38.4 Å². The number of benzene rings is 1. The molecule has 0 bridgehead atoms. The maximum absolute atomic E-state index is 13.6. The minimum atomic E-state index is -4.50. The van der Waals surface area contributed by atoms with Crippen molar-refractivity contribution in [2.45, 2.75) is 25.4 Å². The van der Waals surface area contributed by atoms with Crippen molar-refractivity contribution in [3.05, 3.63) is 41.3 Å². The number of alkyl halides is 3. The number of hydrogen-bond donors (Lipinski definition) is 0. The lowest BCUT2D eigenvalue weighted by Gasteiger charge is -2.31. The molecule has 1 fully saturated rings. The fraction of sp³-hybridized carbons (Fsp3) is 0.353. The van der Waals surface area contributed by atoms with E-state index in [0.29, 0.717) is 5.82 Å². The molecule has 2 aromatic heterocycles. The third-order valence-electron chi connectivity index (χ3n) is 4.52. The van der Waals surface area contributed by atoms with Crippen LogP contribution in [0.4, 0.5) is 19.0 Å². The first kappa shape index (κ1) is 17.1. The van der Waals surface area contributed by atoms with Gasteiger partial charge in [0.05, 0.1) is 11.1 Å². The molecule has 0 atom stereocenters. The first-order valence-corrected chi connectivity index (χ1v) is 8.65. The lowest BCUT2D eigenvalue weighted by Crippen LogP contribution is -2.32. The summed E-state index contributed by atoms with van der Waals surface area (Å²) < 4.78 is 42.2. The molecule has 1 aliphatic heterocycles. The van der Waals surface area contributed by atoms with E-state index in [1.165, 1.54) is 23.0 Å². The maximum atomic E-state index is 13.6. The van der Waals surface area contributed by atoms with Gasteiger partial charge < -0.3 is 4.90 Å². The van der Waals surface area contributed by atoms with E-state index in [2.05, 4.69) is 15.1 Å². The zero-order valence-corrected chi connectivity index (χ0v) is 14.4. The van der Waals surface area contributed by atoms with E-state index in [-0.39, 0.29) is 22.1 Å². The number of halogens is 4. The molecule has 3 heterocycles. The summed E-state index contributed by atoms with van der Waals surface area (Å²) in [6.45, 7) is 1.44. The summed E-state index contributed by atoms with van der Waals surface area (Å²) in [6, 6.07) is 5.40. The van der Waals surface area contributed by atoms with Gasteiger partial charge in [-0.05, 0) is 25.3 Å². The Bertz CT molecular complexity index is 947. The highest BCUT2D eigenvalue weighted by Gasteiger charge is 2.35. The molecule has 0 aliphatic carbocycles. The van der Waals surface area contributed by atoms with Crippen LogP contribution in [0.3, 0.4) is 0 Å². The minimum Gasteiger partial charge on any atom is -0.356 e. The zero-order valence-electron chi connectivity index (χ0n) is 13.7. The second-order valence-electron chi connectivity index (χ2n) is 6.16. The average Bonchev–Trinajstić information content (AvgIpc) is 3.08. The molecule has 9 heteroatoms. The highest BCUT2D eigenvalue weighted by atomic mass is 35.5. The fourth-order valence-corrected chi connectivity index (χ4v) is 3.64. The number of anilines is 1. The first-order chi connectivity index (χ1) is 12.5. The van der Waals surface area contributed by atoms with Crippen molar-refractivity contribution >= 4 is 23.2 Å². The predicted molar refractivity (Wildman–Crippen MR) is 92.3 cm³/mol. The molecule has 0 N–H and O–H groups in total. The van der Waals surface area contributed by atoms with E-state index in [9.17, 15) is 13.2 Å². The molecule has 1 aliphatic rings. The average molecular weight is 382 g/mol. The topological polar surface area (TPSA) is 46.3 Å². The van der Waals surface area contributed by atoms with Crippen LogP contribution in [0.25, 0.3) is 16.9 Å². The van der Waals surface area contributed by atoms with Gasteiger partial charge in [-0.1, -0.05) is 29.8 Å². The SMILES string of the molecule is FC(F)(F)c1ccccc1-c1c(Cl)nc2ncnn2c1N1CCCCC1. The number of fused-ring (bicyclic) bond motifs is 1. The van der Waals surface area contributed by atoms with Crippen LogP contribution in [0.5, 0.6) is 0 Å². The van der Waals surface area contributed by atoms with Crippen LogP contribution in [0.2, 0.25) is 5.15 Å². The number of nitrogens with zero attached hydrogens (tertiary/aromatic N) is 5. The van der Waals surface area contributed by atoms with E-state index in [4.69, 9.17) is 11.6 Å². The number of hydrogen-bond acceptors (Lipinski definition) is 4. The lowest BCUT2D eigenvalue weighted by atomic mass is 9.99. The van der Waals surface area contributed by atoms with Crippen molar-refractivity contribution in [3.63, 3.8) is 0 Å². The standard InChI is InChI=1S/C17H15ClF3N5/c18-14-13(11-6-2-3-7-12(11)17(19,20)21)15(25-8-4-1-5-9-25)26-16(24-14)22-10-23-26/h2-3,6-7,10H,1,4-5,8-9H2. The smallest absolute Gasteiger partial charge is 0.356 e. The molecule has 0 amide bonds. The molecular weight excluding hydrogens is 367 g/mol. The summed E-state index contributed by atoms with van der Waals surface area (Å²) in [5.41, 5.74) is -0.517. The lowest BCUT2D eigenvalue weighted by molar-refractivity contribution is -0.137. The van der Waals surface area contributed by atoms with Crippen molar-refractivity contribution in [1.82, 2.24) is 19.6 Å². The second-order valence-corrected chi connectivity index (χ2v) is 6.52. The normalized spacial score (nSPS) is 15.6. The highest BCUT2D eigenvalue weighted by Crippen LogP contribution is 2.43. The quantitative estimate of drug-likeness (QED) is 0.615. The van der Waals surface area contributed by atoms with Gasteiger partial charge in [0.15, 0.2) is 0 Å². The monoisotopic (exact) mass is 381 g/mol. The van der Waals surface area contributed by atoms with Crippen LogP contribution in [0, 0.1) is 0 Å². The molecule has 3 aromatic rings. The Hall–Kier alpha value is -2.35. The summed E-state index contributed by atoms with van der Waals surface area (Å²) in [6.07, 6.45) is -0.181. The number of piperidine rings is 1. The zero-order chi connectivity index (χ0) is 18.3. The molecule has 1 saturated heterocycles. The largest absolute Gasteiger partial charge is 0.417 e. The minimum absolute atomic E-state index is 0.00419. The fourth-order valence-electron chi connectivity index (χ4n) is 3.38. The Morgan fingerprint density at radius 2 is 1.77 bits per heavy atom. The summed E-state index contributed by atoms with van der Waals surface area (Å²) in [5, 5.41) is 4.16. The van der Waals surface area contributed by atoms with Crippen LogP contribution in [-0.2, 0) is 6.18 Å². The molecule has 0 spiro atoms. The van der Waals surface area contributed by atoms with Crippen molar-refractivity contribution in [2.75, 3.05) is 18.0 Å². The third kappa shape index (κ3) is 2.88. The van der Waals surface area contributed by atoms with Crippen LogP contribution in [0.1, 0.15) is 24.8 Å². The van der Waals surface area contributed by atoms with Crippen molar-refractivity contribution < 1.29 is 13.2 Å². The van der Waals surface area contributed by atoms with Gasteiger partial charge in [0, 0.05) is 18.7 Å². The molecule has 0 saturated carbocycles. The molecule has 0 radical (unpaired) electrons. The Balaban J connectivity index is 2.03. The second kappa shape index (κ2) is 6.42. The predicted octanol–water partition coefficient (Wildman–Crippen LogP) is 4.45. The Labute approximate surface area is 152 Å². The Morgan fingerprint density at radius 1 is 1.04 bits per heavy atom. The van der Waals surface area contributed by atoms with Gasteiger partial charge in [-0.2, -0.15) is 32.8 Å². The van der Waals surface area contributed by atoms with E-state index in [1.54, 1.807) is 6.07 Å². The van der Waals surface area contributed by atoms with E-state index < -0.39 is 11.7 Å². The van der Waals surface area contributed by atoms with Crippen LogP contribution in [0.15, 0.2) is 30.6 Å². The molecule has 136 valence electrons. The molecule has 26 heavy (non-hydrogen) atoms. The van der Waals surface area contributed by atoms with Gasteiger partial charge in [0.2, 0.25) is 0 Å². The van der Waals surface area contributed by atoms with E-state index >= 15 is 0 Å².